The topological polar surface area (TPSA) is 64.3 Å². The number of hydrogen-bond acceptors (Lipinski definition) is 5. The average Bonchev–Trinajstić information content (AvgIpc) is 2.55. The molecule has 0 spiro atoms. The predicted octanol–water partition coefficient (Wildman–Crippen LogP) is 2.60. The number of anilines is 1. The van der Waals surface area contributed by atoms with Crippen LogP contribution in [0, 0.1) is 0 Å². The van der Waals surface area contributed by atoms with E-state index in [9.17, 15) is 0 Å². The van der Waals surface area contributed by atoms with Crippen molar-refractivity contribution in [3.05, 3.63) is 36.0 Å². The van der Waals surface area contributed by atoms with Crippen molar-refractivity contribution in [2.45, 2.75) is 25.5 Å². The molecule has 1 atom stereocenters. The summed E-state index contributed by atoms with van der Waals surface area (Å²) >= 11 is 0. The van der Waals surface area contributed by atoms with Gasteiger partial charge in [-0.15, -0.1) is 0 Å². The maximum absolute atomic E-state index is 6.24. The molecule has 4 rings (SSSR count). The molecule has 0 bridgehead atoms. The summed E-state index contributed by atoms with van der Waals surface area (Å²) in [6, 6.07) is 7.99. The Kier molecular flexibility index (Phi) is 3.00. The van der Waals surface area contributed by atoms with Crippen molar-refractivity contribution in [2.24, 2.45) is 0 Å². The highest BCUT2D eigenvalue weighted by molar-refractivity contribution is 5.72. The molecule has 5 heteroatoms. The fraction of sp³-hybridized carbons (Fsp3) is 0.375. The van der Waals surface area contributed by atoms with Gasteiger partial charge in [-0.05, 0) is 25.0 Å². The number of aromatic nitrogens is 2. The molecule has 1 fully saturated rings. The molecule has 21 heavy (non-hydrogen) atoms. The first-order valence-corrected chi connectivity index (χ1v) is 7.45. The molecule has 2 N–H and O–H groups in total. The van der Waals surface area contributed by atoms with Gasteiger partial charge in [-0.3, -0.25) is 4.90 Å². The summed E-state index contributed by atoms with van der Waals surface area (Å²) in [5.41, 5.74) is 8.70. The van der Waals surface area contributed by atoms with Gasteiger partial charge in [0.15, 0.2) is 6.23 Å². The van der Waals surface area contributed by atoms with Crippen molar-refractivity contribution in [3.63, 3.8) is 0 Å². The Morgan fingerprint density at radius 3 is 2.81 bits per heavy atom. The summed E-state index contributed by atoms with van der Waals surface area (Å²) in [6.07, 6.45) is 5.44. The maximum Gasteiger partial charge on any atom is 0.220 e. The zero-order chi connectivity index (χ0) is 14.2. The lowest BCUT2D eigenvalue weighted by atomic mass is 10.0. The largest absolute Gasteiger partial charge is 0.470 e. The average molecular weight is 282 g/mol. The van der Waals surface area contributed by atoms with Gasteiger partial charge in [0.1, 0.15) is 5.75 Å². The Hall–Kier alpha value is -2.14. The monoisotopic (exact) mass is 282 g/mol. The van der Waals surface area contributed by atoms with E-state index in [-0.39, 0.29) is 6.23 Å². The van der Waals surface area contributed by atoms with Crippen molar-refractivity contribution in [1.82, 2.24) is 14.9 Å². The summed E-state index contributed by atoms with van der Waals surface area (Å²) in [5.74, 6) is 1.18. The van der Waals surface area contributed by atoms with Gasteiger partial charge in [0.25, 0.3) is 0 Å². The SMILES string of the molecule is Nc1ncc2c(n1)-c1ccccc1O[C@@H]2N1CCCCC1. The first kappa shape index (κ1) is 12.6. The van der Waals surface area contributed by atoms with Crippen LogP contribution in [0.4, 0.5) is 5.95 Å². The molecule has 0 radical (unpaired) electrons. The van der Waals surface area contributed by atoms with Crippen LogP contribution in [0.3, 0.4) is 0 Å². The Morgan fingerprint density at radius 1 is 1.14 bits per heavy atom. The minimum atomic E-state index is -0.101. The van der Waals surface area contributed by atoms with E-state index in [1.165, 1.54) is 19.3 Å². The molecule has 2 aliphatic heterocycles. The lowest BCUT2D eigenvalue weighted by molar-refractivity contribution is 0.00823. The molecule has 2 aliphatic rings. The van der Waals surface area contributed by atoms with Crippen molar-refractivity contribution >= 4 is 5.95 Å². The van der Waals surface area contributed by atoms with Crippen LogP contribution < -0.4 is 10.5 Å². The van der Waals surface area contributed by atoms with Crippen molar-refractivity contribution in [1.29, 1.82) is 0 Å². The van der Waals surface area contributed by atoms with Crippen LogP contribution in [-0.4, -0.2) is 28.0 Å². The highest BCUT2D eigenvalue weighted by Gasteiger charge is 2.32. The summed E-state index contributed by atoms with van der Waals surface area (Å²) < 4.78 is 6.24. The molecule has 1 aromatic carbocycles. The van der Waals surface area contributed by atoms with Crippen molar-refractivity contribution in [2.75, 3.05) is 18.8 Å². The van der Waals surface area contributed by atoms with E-state index in [1.807, 2.05) is 30.5 Å². The minimum absolute atomic E-state index is 0.101. The Labute approximate surface area is 123 Å². The fourth-order valence-corrected chi connectivity index (χ4v) is 3.17. The fourth-order valence-electron chi connectivity index (χ4n) is 3.17. The van der Waals surface area contributed by atoms with Crippen molar-refractivity contribution < 1.29 is 4.74 Å². The normalized spacial score (nSPS) is 21.2. The molecule has 0 amide bonds. The van der Waals surface area contributed by atoms with Gasteiger partial charge in [0.05, 0.1) is 11.3 Å². The number of nitrogens with two attached hydrogens (primary N) is 1. The molecule has 5 nitrogen and oxygen atoms in total. The molecule has 3 heterocycles. The van der Waals surface area contributed by atoms with Gasteiger partial charge in [0.2, 0.25) is 5.95 Å². The molecular formula is C16H18N4O. The number of ether oxygens (including phenoxy) is 1. The highest BCUT2D eigenvalue weighted by atomic mass is 16.5. The molecular weight excluding hydrogens is 264 g/mol. The van der Waals surface area contributed by atoms with E-state index in [2.05, 4.69) is 14.9 Å². The van der Waals surface area contributed by atoms with Gasteiger partial charge in [-0.25, -0.2) is 9.97 Å². The van der Waals surface area contributed by atoms with Gasteiger partial charge in [0, 0.05) is 24.8 Å². The summed E-state index contributed by atoms with van der Waals surface area (Å²) in [6.45, 7) is 2.10. The quantitative estimate of drug-likeness (QED) is 0.871. The van der Waals surface area contributed by atoms with E-state index in [4.69, 9.17) is 10.5 Å². The second-order valence-corrected chi connectivity index (χ2v) is 5.60. The molecule has 108 valence electrons. The second kappa shape index (κ2) is 5.00. The number of nitrogen functional groups attached to an aromatic ring is 1. The maximum atomic E-state index is 6.24. The van der Waals surface area contributed by atoms with E-state index in [0.717, 1.165) is 35.7 Å². The lowest BCUT2D eigenvalue weighted by Crippen LogP contribution is -2.38. The first-order valence-electron chi connectivity index (χ1n) is 7.45. The number of rotatable bonds is 1. The minimum Gasteiger partial charge on any atom is -0.470 e. The zero-order valence-corrected chi connectivity index (χ0v) is 11.8. The van der Waals surface area contributed by atoms with E-state index in [1.54, 1.807) is 0 Å². The lowest BCUT2D eigenvalue weighted by Gasteiger charge is -2.37. The number of likely N-dealkylation sites (tertiary alicyclic amines) is 1. The number of fused-ring (bicyclic) bond motifs is 3. The van der Waals surface area contributed by atoms with E-state index in [0.29, 0.717) is 5.95 Å². The Balaban J connectivity index is 1.82. The van der Waals surface area contributed by atoms with Crippen LogP contribution in [-0.2, 0) is 0 Å². The Bertz CT molecular complexity index is 667. The van der Waals surface area contributed by atoms with Crippen LogP contribution in [0.2, 0.25) is 0 Å². The molecule has 2 aromatic rings. The van der Waals surface area contributed by atoms with Crippen LogP contribution in [0.25, 0.3) is 11.3 Å². The molecule has 0 saturated carbocycles. The van der Waals surface area contributed by atoms with E-state index >= 15 is 0 Å². The van der Waals surface area contributed by atoms with Gasteiger partial charge < -0.3 is 10.5 Å². The van der Waals surface area contributed by atoms with Crippen LogP contribution in [0.5, 0.6) is 5.75 Å². The Morgan fingerprint density at radius 2 is 1.95 bits per heavy atom. The third-order valence-corrected chi connectivity index (χ3v) is 4.20. The van der Waals surface area contributed by atoms with E-state index < -0.39 is 0 Å². The van der Waals surface area contributed by atoms with Crippen LogP contribution in [0.15, 0.2) is 30.5 Å². The third-order valence-electron chi connectivity index (χ3n) is 4.20. The van der Waals surface area contributed by atoms with Crippen molar-refractivity contribution in [3.8, 4) is 17.0 Å². The van der Waals surface area contributed by atoms with Gasteiger partial charge >= 0.3 is 0 Å². The first-order chi connectivity index (χ1) is 10.3. The number of nitrogens with zero attached hydrogens (tertiary/aromatic N) is 3. The number of hydrogen-bond donors (Lipinski definition) is 1. The highest BCUT2D eigenvalue weighted by Crippen LogP contribution is 2.42. The molecule has 1 aromatic heterocycles. The zero-order valence-electron chi connectivity index (χ0n) is 11.8. The molecule has 0 aliphatic carbocycles. The smallest absolute Gasteiger partial charge is 0.220 e. The van der Waals surface area contributed by atoms with Crippen LogP contribution >= 0.6 is 0 Å². The van der Waals surface area contributed by atoms with Gasteiger partial charge in [-0.2, -0.15) is 0 Å². The predicted molar refractivity (Wildman–Crippen MR) is 80.7 cm³/mol. The summed E-state index contributed by atoms with van der Waals surface area (Å²) in [7, 11) is 0. The standard InChI is InChI=1S/C16H18N4O/c17-16-18-10-12-14(19-16)11-6-2-3-7-13(11)21-15(12)20-8-4-1-5-9-20/h2-3,6-7,10,15H,1,4-5,8-9H2,(H2,17,18,19)/t15-/m0/s1. The summed E-state index contributed by atoms with van der Waals surface area (Å²) in [5, 5.41) is 0. The molecule has 0 unspecified atom stereocenters. The third kappa shape index (κ3) is 2.14. The summed E-state index contributed by atoms with van der Waals surface area (Å²) in [4.78, 5) is 11.0. The number of para-hydroxylation sites is 1. The van der Waals surface area contributed by atoms with Crippen LogP contribution in [0.1, 0.15) is 31.1 Å². The molecule has 1 saturated heterocycles. The number of benzene rings is 1. The number of piperidine rings is 1. The van der Waals surface area contributed by atoms with Gasteiger partial charge in [-0.1, -0.05) is 18.6 Å². The second-order valence-electron chi connectivity index (χ2n) is 5.60.